The summed E-state index contributed by atoms with van der Waals surface area (Å²) in [6.07, 6.45) is 1.50. The summed E-state index contributed by atoms with van der Waals surface area (Å²) in [6.45, 7) is 0.260. The van der Waals surface area contributed by atoms with E-state index >= 15 is 0 Å². The second-order valence-electron chi connectivity index (χ2n) is 4.84. The number of urea groups is 1. The number of carbonyl (C=O) groups is 1. The quantitative estimate of drug-likeness (QED) is 0.920. The molecule has 0 saturated carbocycles. The number of aromatic nitrogens is 1. The summed E-state index contributed by atoms with van der Waals surface area (Å²) in [5.41, 5.74) is 1.21. The first kappa shape index (κ1) is 16.5. The van der Waals surface area contributed by atoms with Crippen LogP contribution in [0, 0.1) is 5.82 Å². The SMILES string of the molecule is COc1ccc(NC(=O)N(C)Cc2ccc(OC)c(F)c2)cn1. The smallest absolute Gasteiger partial charge is 0.321 e. The van der Waals surface area contributed by atoms with Gasteiger partial charge in [0, 0.05) is 19.7 Å². The summed E-state index contributed by atoms with van der Waals surface area (Å²) < 4.78 is 23.5. The van der Waals surface area contributed by atoms with Crippen LogP contribution in [-0.2, 0) is 6.54 Å². The van der Waals surface area contributed by atoms with Gasteiger partial charge in [0.25, 0.3) is 0 Å². The lowest BCUT2D eigenvalue weighted by atomic mass is 10.2. The zero-order valence-electron chi connectivity index (χ0n) is 13.2. The molecule has 1 aromatic heterocycles. The van der Waals surface area contributed by atoms with Gasteiger partial charge in [0.15, 0.2) is 11.6 Å². The zero-order chi connectivity index (χ0) is 16.8. The van der Waals surface area contributed by atoms with Gasteiger partial charge < -0.3 is 19.7 Å². The van der Waals surface area contributed by atoms with Crippen molar-refractivity contribution in [2.75, 3.05) is 26.6 Å². The molecule has 7 heteroatoms. The Morgan fingerprint density at radius 2 is 2.04 bits per heavy atom. The van der Waals surface area contributed by atoms with Gasteiger partial charge in [0.1, 0.15) is 0 Å². The van der Waals surface area contributed by atoms with Crippen molar-refractivity contribution < 1.29 is 18.7 Å². The van der Waals surface area contributed by atoms with Gasteiger partial charge in [0.2, 0.25) is 5.88 Å². The minimum Gasteiger partial charge on any atom is -0.494 e. The maximum absolute atomic E-state index is 13.7. The normalized spacial score (nSPS) is 10.1. The highest BCUT2D eigenvalue weighted by Gasteiger charge is 2.11. The van der Waals surface area contributed by atoms with Crippen molar-refractivity contribution >= 4 is 11.7 Å². The molecule has 122 valence electrons. The average molecular weight is 319 g/mol. The lowest BCUT2D eigenvalue weighted by Crippen LogP contribution is -2.30. The number of halogens is 1. The molecule has 0 bridgehead atoms. The molecule has 0 fully saturated rings. The van der Waals surface area contributed by atoms with E-state index in [-0.39, 0.29) is 18.3 Å². The molecular formula is C16H18FN3O3. The van der Waals surface area contributed by atoms with Crippen LogP contribution >= 0.6 is 0 Å². The maximum Gasteiger partial charge on any atom is 0.321 e. The van der Waals surface area contributed by atoms with E-state index in [1.165, 1.54) is 37.4 Å². The third-order valence-corrected chi connectivity index (χ3v) is 3.18. The maximum atomic E-state index is 13.7. The Balaban J connectivity index is 1.97. The minimum atomic E-state index is -0.460. The van der Waals surface area contributed by atoms with E-state index in [1.54, 1.807) is 25.2 Å². The summed E-state index contributed by atoms with van der Waals surface area (Å²) in [5.74, 6) is 0.174. The van der Waals surface area contributed by atoms with Crippen molar-refractivity contribution in [3.05, 3.63) is 47.9 Å². The van der Waals surface area contributed by atoms with E-state index in [0.29, 0.717) is 17.1 Å². The monoisotopic (exact) mass is 319 g/mol. The molecule has 0 radical (unpaired) electrons. The fourth-order valence-corrected chi connectivity index (χ4v) is 1.95. The van der Waals surface area contributed by atoms with Gasteiger partial charge >= 0.3 is 6.03 Å². The van der Waals surface area contributed by atoms with Crippen molar-refractivity contribution in [1.29, 1.82) is 0 Å². The molecule has 0 aliphatic heterocycles. The second-order valence-corrected chi connectivity index (χ2v) is 4.84. The lowest BCUT2D eigenvalue weighted by Gasteiger charge is -2.18. The average Bonchev–Trinajstić information content (AvgIpc) is 2.55. The Labute approximate surface area is 133 Å². The van der Waals surface area contributed by atoms with Gasteiger partial charge in [0.05, 0.1) is 26.1 Å². The summed E-state index contributed by atoms with van der Waals surface area (Å²) in [7, 11) is 4.54. The van der Waals surface area contributed by atoms with Crippen LogP contribution < -0.4 is 14.8 Å². The molecule has 2 rings (SSSR count). The number of anilines is 1. The van der Waals surface area contributed by atoms with Crippen LogP contribution in [0.5, 0.6) is 11.6 Å². The van der Waals surface area contributed by atoms with Gasteiger partial charge in [-0.2, -0.15) is 0 Å². The minimum absolute atomic E-state index is 0.171. The first-order valence-corrected chi connectivity index (χ1v) is 6.88. The molecule has 0 spiro atoms. The summed E-state index contributed by atoms with van der Waals surface area (Å²) in [5, 5.41) is 2.70. The molecule has 2 aromatic rings. The molecule has 2 amide bonds. The van der Waals surface area contributed by atoms with Crippen LogP contribution in [0.15, 0.2) is 36.5 Å². The number of benzene rings is 1. The molecule has 0 unspecified atom stereocenters. The number of nitrogens with one attached hydrogen (secondary N) is 1. The second kappa shape index (κ2) is 7.44. The van der Waals surface area contributed by atoms with Gasteiger partial charge in [-0.1, -0.05) is 6.07 Å². The molecule has 0 aliphatic carbocycles. The Bertz CT molecular complexity index is 677. The molecule has 6 nitrogen and oxygen atoms in total. The summed E-state index contributed by atoms with van der Waals surface area (Å²) in [4.78, 5) is 17.6. The van der Waals surface area contributed by atoms with Gasteiger partial charge in [-0.15, -0.1) is 0 Å². The van der Waals surface area contributed by atoms with Crippen LogP contribution in [0.3, 0.4) is 0 Å². The summed E-state index contributed by atoms with van der Waals surface area (Å²) in [6, 6.07) is 7.59. The highest BCUT2D eigenvalue weighted by Crippen LogP contribution is 2.19. The predicted octanol–water partition coefficient (Wildman–Crippen LogP) is 2.90. The number of nitrogens with zero attached hydrogens (tertiary/aromatic N) is 2. The fraction of sp³-hybridized carbons (Fsp3) is 0.250. The third-order valence-electron chi connectivity index (χ3n) is 3.18. The molecule has 0 aliphatic rings. The largest absolute Gasteiger partial charge is 0.494 e. The van der Waals surface area contributed by atoms with E-state index in [2.05, 4.69) is 10.3 Å². The standard InChI is InChI=1S/C16H18FN3O3/c1-20(10-11-4-6-14(22-2)13(17)8-11)16(21)19-12-5-7-15(23-3)18-9-12/h4-9H,10H2,1-3H3,(H,19,21). The van der Waals surface area contributed by atoms with Crippen LogP contribution in [-0.4, -0.2) is 37.2 Å². The van der Waals surface area contributed by atoms with Gasteiger partial charge in [-0.3, -0.25) is 0 Å². The summed E-state index contributed by atoms with van der Waals surface area (Å²) >= 11 is 0. The van der Waals surface area contributed by atoms with Crippen LogP contribution in [0.4, 0.5) is 14.9 Å². The number of pyridine rings is 1. The Kier molecular flexibility index (Phi) is 5.35. The fourth-order valence-electron chi connectivity index (χ4n) is 1.95. The Morgan fingerprint density at radius 1 is 1.26 bits per heavy atom. The molecule has 0 atom stereocenters. The van der Waals surface area contributed by atoms with Gasteiger partial charge in [-0.05, 0) is 23.8 Å². The van der Waals surface area contributed by atoms with E-state index in [4.69, 9.17) is 9.47 Å². The van der Waals surface area contributed by atoms with Crippen LogP contribution in [0.2, 0.25) is 0 Å². The van der Waals surface area contributed by atoms with Crippen molar-refractivity contribution in [2.24, 2.45) is 0 Å². The zero-order valence-corrected chi connectivity index (χ0v) is 13.2. The first-order valence-electron chi connectivity index (χ1n) is 6.88. The number of methoxy groups -OCH3 is 2. The number of rotatable bonds is 5. The van der Waals surface area contributed by atoms with Crippen LogP contribution in [0.25, 0.3) is 0 Å². The molecular weight excluding hydrogens is 301 g/mol. The lowest BCUT2D eigenvalue weighted by molar-refractivity contribution is 0.220. The van der Waals surface area contributed by atoms with E-state index in [9.17, 15) is 9.18 Å². The van der Waals surface area contributed by atoms with Crippen molar-refractivity contribution in [3.8, 4) is 11.6 Å². The van der Waals surface area contributed by atoms with Gasteiger partial charge in [-0.25, -0.2) is 14.2 Å². The first-order chi connectivity index (χ1) is 11.0. The Morgan fingerprint density at radius 3 is 2.61 bits per heavy atom. The number of hydrogen-bond donors (Lipinski definition) is 1. The van der Waals surface area contributed by atoms with Crippen LogP contribution in [0.1, 0.15) is 5.56 Å². The number of hydrogen-bond acceptors (Lipinski definition) is 4. The Hall–Kier alpha value is -2.83. The number of carbonyl (C=O) groups excluding carboxylic acids is 1. The highest BCUT2D eigenvalue weighted by atomic mass is 19.1. The van der Waals surface area contributed by atoms with Crippen molar-refractivity contribution in [3.63, 3.8) is 0 Å². The molecule has 0 saturated heterocycles. The number of amides is 2. The number of ether oxygens (including phenoxy) is 2. The van der Waals surface area contributed by atoms with E-state index in [0.717, 1.165) is 0 Å². The van der Waals surface area contributed by atoms with E-state index < -0.39 is 5.82 Å². The molecule has 1 aromatic carbocycles. The molecule has 1 N–H and O–H groups in total. The molecule has 23 heavy (non-hydrogen) atoms. The van der Waals surface area contributed by atoms with Crippen molar-refractivity contribution in [1.82, 2.24) is 9.88 Å². The topological polar surface area (TPSA) is 63.7 Å². The highest BCUT2D eigenvalue weighted by molar-refractivity contribution is 5.88. The van der Waals surface area contributed by atoms with Crippen molar-refractivity contribution in [2.45, 2.75) is 6.54 Å². The van der Waals surface area contributed by atoms with E-state index in [1.807, 2.05) is 0 Å². The third kappa shape index (κ3) is 4.32. The predicted molar refractivity (Wildman–Crippen MR) is 84.2 cm³/mol. The molecule has 1 heterocycles.